The van der Waals surface area contributed by atoms with E-state index in [4.69, 9.17) is 0 Å². The summed E-state index contributed by atoms with van der Waals surface area (Å²) in [6, 6.07) is 0. The highest BCUT2D eigenvalue weighted by Crippen LogP contribution is 2.21. The van der Waals surface area contributed by atoms with Crippen molar-refractivity contribution in [3.63, 3.8) is 0 Å². The summed E-state index contributed by atoms with van der Waals surface area (Å²) in [6.45, 7) is 3.70. The molecule has 50 valence electrons. The van der Waals surface area contributed by atoms with Gasteiger partial charge >= 0.3 is 0 Å². The Hall–Kier alpha value is 0.660. The van der Waals surface area contributed by atoms with Gasteiger partial charge in [0.05, 0.1) is 6.67 Å². The fourth-order valence-electron chi connectivity index (χ4n) is 0.323. The highest BCUT2D eigenvalue weighted by molar-refractivity contribution is 14.1. The van der Waals surface area contributed by atoms with Gasteiger partial charge in [-0.2, -0.15) is 0 Å². The van der Waals surface area contributed by atoms with Crippen LogP contribution in [0.5, 0.6) is 0 Å². The number of halogens is 2. The molecule has 0 aliphatic rings. The van der Waals surface area contributed by atoms with E-state index in [1.165, 1.54) is 0 Å². The van der Waals surface area contributed by atoms with E-state index in [1.807, 2.05) is 13.8 Å². The summed E-state index contributed by atoms with van der Waals surface area (Å²) in [4.78, 5) is 0. The smallest absolute Gasteiger partial charge is 0.0945 e. The van der Waals surface area contributed by atoms with Crippen LogP contribution in [-0.4, -0.2) is 11.1 Å². The zero-order valence-corrected chi connectivity index (χ0v) is 7.53. The lowest BCUT2D eigenvalue weighted by Crippen LogP contribution is -2.13. The van der Waals surface area contributed by atoms with E-state index in [-0.39, 0.29) is 12.1 Å². The van der Waals surface area contributed by atoms with Crippen LogP contribution in [0.3, 0.4) is 0 Å². The van der Waals surface area contributed by atoms with Gasteiger partial charge in [-0.1, -0.05) is 36.4 Å². The second kappa shape index (κ2) is 3.64. The van der Waals surface area contributed by atoms with Gasteiger partial charge in [-0.15, -0.1) is 0 Å². The van der Waals surface area contributed by atoms with E-state index in [0.717, 1.165) is 10.8 Å². The molecule has 2 heteroatoms. The summed E-state index contributed by atoms with van der Waals surface area (Å²) >= 11 is 2.27. The van der Waals surface area contributed by atoms with E-state index in [1.54, 1.807) is 0 Å². The Balaban J connectivity index is 3.37. The lowest BCUT2D eigenvalue weighted by molar-refractivity contribution is 0.252. The van der Waals surface area contributed by atoms with E-state index in [0.29, 0.717) is 0 Å². The molecule has 0 N–H and O–H groups in total. The summed E-state index contributed by atoms with van der Waals surface area (Å²) in [6.07, 6.45) is 0.976. The van der Waals surface area contributed by atoms with Crippen molar-refractivity contribution >= 4 is 22.6 Å². The Labute approximate surface area is 64.0 Å². The molecule has 0 aromatic rings. The van der Waals surface area contributed by atoms with Gasteiger partial charge in [-0.05, 0) is 11.8 Å². The third-order valence-corrected chi connectivity index (χ3v) is 1.67. The predicted octanol–water partition coefficient (Wildman–Crippen LogP) is 2.81. The van der Waals surface area contributed by atoms with Crippen molar-refractivity contribution in [3.8, 4) is 0 Å². The number of hydrogen-bond donors (Lipinski definition) is 0. The quantitative estimate of drug-likeness (QED) is 0.516. The summed E-state index contributed by atoms with van der Waals surface area (Å²) in [5, 5.41) is 0. The van der Waals surface area contributed by atoms with Crippen LogP contribution in [0, 0.1) is 5.41 Å². The number of hydrogen-bond acceptors (Lipinski definition) is 0. The minimum atomic E-state index is -0.198. The topological polar surface area (TPSA) is 0 Å². The maximum absolute atomic E-state index is 12.0. The monoisotopic (exact) mass is 230 g/mol. The van der Waals surface area contributed by atoms with Gasteiger partial charge in [0.25, 0.3) is 0 Å². The van der Waals surface area contributed by atoms with Gasteiger partial charge in [-0.3, -0.25) is 4.39 Å². The van der Waals surface area contributed by atoms with E-state index in [2.05, 4.69) is 22.6 Å². The van der Waals surface area contributed by atoms with Crippen molar-refractivity contribution in [1.82, 2.24) is 0 Å². The van der Waals surface area contributed by atoms with Crippen molar-refractivity contribution < 1.29 is 4.39 Å². The largest absolute Gasteiger partial charge is 0.251 e. The van der Waals surface area contributed by atoms with Crippen molar-refractivity contribution in [1.29, 1.82) is 0 Å². The van der Waals surface area contributed by atoms with Crippen LogP contribution in [-0.2, 0) is 0 Å². The molecule has 8 heavy (non-hydrogen) atoms. The summed E-state index contributed by atoms with van der Waals surface area (Å²) in [5.41, 5.74) is -0.0822. The van der Waals surface area contributed by atoms with Crippen LogP contribution in [0.4, 0.5) is 4.39 Å². The predicted molar refractivity (Wildman–Crippen MR) is 43.3 cm³/mol. The molecule has 0 unspecified atom stereocenters. The van der Waals surface area contributed by atoms with E-state index in [9.17, 15) is 4.39 Å². The summed E-state index contributed by atoms with van der Waals surface area (Å²) in [7, 11) is 0. The van der Waals surface area contributed by atoms with Crippen LogP contribution < -0.4 is 0 Å². The minimum Gasteiger partial charge on any atom is -0.251 e. The average Bonchev–Trinajstić information content (AvgIpc) is 1.67. The first kappa shape index (κ1) is 8.66. The Bertz CT molecular complexity index is 61.5. The number of alkyl halides is 2. The minimum absolute atomic E-state index is 0.0822. The van der Waals surface area contributed by atoms with Gasteiger partial charge in [0.1, 0.15) is 0 Å². The average molecular weight is 230 g/mol. The Morgan fingerprint density at radius 1 is 1.50 bits per heavy atom. The highest BCUT2D eigenvalue weighted by Gasteiger charge is 2.15. The molecule has 0 heterocycles. The molecule has 0 spiro atoms. The van der Waals surface area contributed by atoms with Crippen molar-refractivity contribution in [2.24, 2.45) is 5.41 Å². The first-order valence-electron chi connectivity index (χ1n) is 2.74. The van der Waals surface area contributed by atoms with Gasteiger partial charge in [-0.25, -0.2) is 0 Å². The molecule has 0 aliphatic carbocycles. The first-order chi connectivity index (χ1) is 3.62. The first-order valence-corrected chi connectivity index (χ1v) is 4.27. The third kappa shape index (κ3) is 3.64. The van der Waals surface area contributed by atoms with Crippen LogP contribution in [0.1, 0.15) is 20.3 Å². The normalized spacial score (nSPS) is 12.0. The van der Waals surface area contributed by atoms with Gasteiger partial charge < -0.3 is 0 Å². The molecule has 0 saturated heterocycles. The van der Waals surface area contributed by atoms with Gasteiger partial charge in [0.2, 0.25) is 0 Å². The second-order valence-corrected chi connectivity index (χ2v) is 3.82. The summed E-state index contributed by atoms with van der Waals surface area (Å²) < 4.78 is 13.0. The van der Waals surface area contributed by atoms with Crippen LogP contribution in [0.25, 0.3) is 0 Å². The molecule has 0 aromatic heterocycles. The lowest BCUT2D eigenvalue weighted by Gasteiger charge is -2.17. The van der Waals surface area contributed by atoms with E-state index >= 15 is 0 Å². The van der Waals surface area contributed by atoms with Gasteiger partial charge in [0, 0.05) is 4.43 Å². The third-order valence-electron chi connectivity index (χ3n) is 1.13. The fourth-order valence-corrected chi connectivity index (χ4v) is 1.78. The molecule has 0 fully saturated rings. The SMILES string of the molecule is CC(C)(CF)CCI. The maximum Gasteiger partial charge on any atom is 0.0945 e. The van der Waals surface area contributed by atoms with Crippen LogP contribution >= 0.6 is 22.6 Å². The zero-order chi connectivity index (χ0) is 6.62. The lowest BCUT2D eigenvalue weighted by atomic mass is 9.93. The van der Waals surface area contributed by atoms with Crippen molar-refractivity contribution in [3.05, 3.63) is 0 Å². The Morgan fingerprint density at radius 2 is 2.00 bits per heavy atom. The molecule has 0 bridgehead atoms. The molecule has 0 aliphatic heterocycles. The molecular formula is C6H12FI. The molecule has 0 radical (unpaired) electrons. The van der Waals surface area contributed by atoms with Crippen molar-refractivity contribution in [2.75, 3.05) is 11.1 Å². The fraction of sp³-hybridized carbons (Fsp3) is 1.00. The van der Waals surface area contributed by atoms with E-state index < -0.39 is 0 Å². The maximum atomic E-state index is 12.0. The second-order valence-electron chi connectivity index (χ2n) is 2.74. The Morgan fingerprint density at radius 3 is 2.12 bits per heavy atom. The molecule has 0 nitrogen and oxygen atoms in total. The number of rotatable bonds is 3. The van der Waals surface area contributed by atoms with Crippen molar-refractivity contribution in [2.45, 2.75) is 20.3 Å². The standard InChI is InChI=1S/C6H12FI/c1-6(2,5-7)3-4-8/h3-5H2,1-2H3. The molecular weight excluding hydrogens is 218 g/mol. The van der Waals surface area contributed by atoms with Crippen LogP contribution in [0.2, 0.25) is 0 Å². The zero-order valence-electron chi connectivity index (χ0n) is 5.38. The highest BCUT2D eigenvalue weighted by atomic mass is 127. The molecule has 0 aromatic carbocycles. The Kier molecular flexibility index (Phi) is 3.94. The van der Waals surface area contributed by atoms with Gasteiger partial charge in [0.15, 0.2) is 0 Å². The molecule has 0 rings (SSSR count). The van der Waals surface area contributed by atoms with Crippen LogP contribution in [0.15, 0.2) is 0 Å². The molecule has 0 amide bonds. The molecule has 0 atom stereocenters. The molecule has 0 saturated carbocycles. The summed E-state index contributed by atoms with van der Waals surface area (Å²) in [5.74, 6) is 0.